The monoisotopic (exact) mass is 482 g/mol. The van der Waals surface area contributed by atoms with Crippen molar-refractivity contribution < 1.29 is 18.0 Å². The SMILES string of the molecule is Cc1ccc(NC(=O)[C@@H]2CCCN(S(=O)(=O)c3ccc4c(c3)C[C@@H](C)N4C(=O)C3CC3)C2)nc1. The predicted octanol–water partition coefficient (Wildman–Crippen LogP) is 3.12. The number of rotatable bonds is 5. The zero-order valence-electron chi connectivity index (χ0n) is 19.5. The number of aryl methyl sites for hydroxylation is 1. The molecule has 0 unspecified atom stereocenters. The standard InChI is InChI=1S/C25H30N4O4S/c1-16-5-10-23(26-14-16)27-24(30)19-4-3-11-28(15-19)34(32,33)21-8-9-22-20(13-21)12-17(2)29(22)25(31)18-6-7-18/h5,8-10,13-14,17-19H,3-4,6-7,11-12,15H2,1-2H3,(H,26,27,30)/t17-,19-/m1/s1. The summed E-state index contributed by atoms with van der Waals surface area (Å²) in [6, 6.07) is 8.71. The fourth-order valence-electron chi connectivity index (χ4n) is 4.92. The lowest BCUT2D eigenvalue weighted by atomic mass is 9.99. The maximum atomic E-state index is 13.5. The molecule has 2 atom stereocenters. The van der Waals surface area contributed by atoms with E-state index in [1.165, 1.54) is 4.31 Å². The minimum atomic E-state index is -3.75. The summed E-state index contributed by atoms with van der Waals surface area (Å²) in [6.07, 6.45) is 5.45. The highest BCUT2D eigenvalue weighted by Gasteiger charge is 2.40. The lowest BCUT2D eigenvalue weighted by Crippen LogP contribution is -2.43. The average molecular weight is 483 g/mol. The van der Waals surface area contributed by atoms with Crippen LogP contribution in [0.1, 0.15) is 43.7 Å². The van der Waals surface area contributed by atoms with Gasteiger partial charge >= 0.3 is 0 Å². The highest BCUT2D eigenvalue weighted by Crippen LogP contribution is 2.40. The van der Waals surface area contributed by atoms with Gasteiger partial charge in [0.2, 0.25) is 21.8 Å². The molecular formula is C25H30N4O4S. The number of aromatic nitrogens is 1. The molecule has 2 amide bonds. The Hall–Kier alpha value is -2.78. The molecule has 2 aromatic rings. The highest BCUT2D eigenvalue weighted by atomic mass is 32.2. The fraction of sp³-hybridized carbons (Fsp3) is 0.480. The van der Waals surface area contributed by atoms with Crippen molar-refractivity contribution in [2.75, 3.05) is 23.3 Å². The van der Waals surface area contributed by atoms with Crippen LogP contribution in [0.4, 0.5) is 11.5 Å². The maximum absolute atomic E-state index is 13.5. The van der Waals surface area contributed by atoms with E-state index in [4.69, 9.17) is 0 Å². The van der Waals surface area contributed by atoms with E-state index in [0.717, 1.165) is 29.7 Å². The number of nitrogens with zero attached hydrogens (tertiary/aromatic N) is 3. The number of sulfonamides is 1. The van der Waals surface area contributed by atoms with Gasteiger partial charge in [0.05, 0.1) is 10.8 Å². The van der Waals surface area contributed by atoms with Gasteiger partial charge in [-0.1, -0.05) is 6.07 Å². The minimum absolute atomic E-state index is 0.0273. The van der Waals surface area contributed by atoms with Crippen molar-refractivity contribution in [2.45, 2.75) is 56.9 Å². The van der Waals surface area contributed by atoms with Gasteiger partial charge in [0.15, 0.2) is 0 Å². The van der Waals surface area contributed by atoms with E-state index in [1.54, 1.807) is 30.5 Å². The molecule has 0 spiro atoms. The molecular weight excluding hydrogens is 452 g/mol. The van der Waals surface area contributed by atoms with E-state index >= 15 is 0 Å². The summed E-state index contributed by atoms with van der Waals surface area (Å²) in [5, 5.41) is 2.81. The molecule has 180 valence electrons. The third kappa shape index (κ3) is 4.34. The Morgan fingerprint density at radius 3 is 2.59 bits per heavy atom. The van der Waals surface area contributed by atoms with E-state index in [2.05, 4.69) is 10.3 Å². The van der Waals surface area contributed by atoms with Crippen molar-refractivity contribution in [3.63, 3.8) is 0 Å². The van der Waals surface area contributed by atoms with Crippen molar-refractivity contribution in [3.8, 4) is 0 Å². The van der Waals surface area contributed by atoms with Crippen LogP contribution in [0.3, 0.4) is 0 Å². The van der Waals surface area contributed by atoms with Crippen molar-refractivity contribution in [2.24, 2.45) is 11.8 Å². The van der Waals surface area contributed by atoms with Crippen LogP contribution in [-0.2, 0) is 26.0 Å². The fourth-order valence-corrected chi connectivity index (χ4v) is 6.50. The van der Waals surface area contributed by atoms with Gasteiger partial charge < -0.3 is 10.2 Å². The highest BCUT2D eigenvalue weighted by molar-refractivity contribution is 7.89. The quantitative estimate of drug-likeness (QED) is 0.706. The summed E-state index contributed by atoms with van der Waals surface area (Å²) < 4.78 is 28.3. The van der Waals surface area contributed by atoms with Gasteiger partial charge in [-0.05, 0) is 81.3 Å². The lowest BCUT2D eigenvalue weighted by molar-refractivity contribution is -0.121. The first-order chi connectivity index (χ1) is 16.2. The molecule has 1 N–H and O–H groups in total. The molecule has 1 aromatic carbocycles. The first-order valence-corrected chi connectivity index (χ1v) is 13.4. The Balaban J connectivity index is 1.31. The number of hydrogen-bond donors (Lipinski definition) is 1. The number of piperidine rings is 1. The summed E-state index contributed by atoms with van der Waals surface area (Å²) in [4.78, 5) is 31.8. The van der Waals surface area contributed by atoms with Gasteiger partial charge in [-0.15, -0.1) is 0 Å². The predicted molar refractivity (Wildman–Crippen MR) is 129 cm³/mol. The second-order valence-corrected chi connectivity index (χ2v) is 11.7. The molecule has 1 aromatic heterocycles. The summed E-state index contributed by atoms with van der Waals surface area (Å²) in [5.74, 6) is 0.0766. The summed E-state index contributed by atoms with van der Waals surface area (Å²) in [6.45, 7) is 4.45. The van der Waals surface area contributed by atoms with Crippen LogP contribution in [0.15, 0.2) is 41.4 Å². The molecule has 1 saturated heterocycles. The largest absolute Gasteiger partial charge is 0.310 e. The number of anilines is 2. The first-order valence-electron chi connectivity index (χ1n) is 11.9. The van der Waals surface area contributed by atoms with Gasteiger partial charge in [0.1, 0.15) is 5.82 Å². The number of nitrogens with one attached hydrogen (secondary N) is 1. The summed E-state index contributed by atoms with van der Waals surface area (Å²) in [5.41, 5.74) is 2.71. The van der Waals surface area contributed by atoms with Crippen molar-refractivity contribution >= 4 is 33.3 Å². The molecule has 2 aliphatic heterocycles. The molecule has 8 nitrogen and oxygen atoms in total. The molecule has 3 aliphatic rings. The van der Waals surface area contributed by atoms with Crippen molar-refractivity contribution in [3.05, 3.63) is 47.7 Å². The van der Waals surface area contributed by atoms with Gasteiger partial charge in [-0.25, -0.2) is 13.4 Å². The van der Waals surface area contributed by atoms with Gasteiger partial charge in [0, 0.05) is 36.9 Å². The van der Waals surface area contributed by atoms with Crippen LogP contribution in [0.25, 0.3) is 0 Å². The average Bonchev–Trinajstić information content (AvgIpc) is 3.62. The molecule has 5 rings (SSSR count). The van der Waals surface area contributed by atoms with Crippen LogP contribution in [-0.4, -0.2) is 48.7 Å². The number of carbonyl (C=O) groups is 2. The van der Waals surface area contributed by atoms with Crippen molar-refractivity contribution in [1.82, 2.24) is 9.29 Å². The Labute approximate surface area is 200 Å². The number of hydrogen-bond acceptors (Lipinski definition) is 5. The van der Waals surface area contributed by atoms with E-state index in [-0.39, 0.29) is 35.2 Å². The van der Waals surface area contributed by atoms with Crippen molar-refractivity contribution in [1.29, 1.82) is 0 Å². The molecule has 1 aliphatic carbocycles. The number of carbonyl (C=O) groups excluding carboxylic acids is 2. The third-order valence-corrected chi connectivity index (χ3v) is 8.85. The molecule has 34 heavy (non-hydrogen) atoms. The maximum Gasteiger partial charge on any atom is 0.243 e. The van der Waals surface area contributed by atoms with Crippen LogP contribution in [0, 0.1) is 18.8 Å². The molecule has 0 radical (unpaired) electrons. The second kappa shape index (κ2) is 8.78. The van der Waals surface area contributed by atoms with Gasteiger partial charge in [-0.3, -0.25) is 9.59 Å². The molecule has 2 fully saturated rings. The summed E-state index contributed by atoms with van der Waals surface area (Å²) >= 11 is 0. The van der Waals surface area contributed by atoms with Crippen LogP contribution in [0.5, 0.6) is 0 Å². The van der Waals surface area contributed by atoms with Crippen LogP contribution in [0.2, 0.25) is 0 Å². The molecule has 3 heterocycles. The number of benzene rings is 1. The Morgan fingerprint density at radius 1 is 1.09 bits per heavy atom. The van der Waals surface area contributed by atoms with E-state index in [9.17, 15) is 18.0 Å². The van der Waals surface area contributed by atoms with Gasteiger partial charge in [0.25, 0.3) is 0 Å². The minimum Gasteiger partial charge on any atom is -0.310 e. The smallest absolute Gasteiger partial charge is 0.243 e. The number of amides is 2. The zero-order chi connectivity index (χ0) is 24.0. The Kier molecular flexibility index (Phi) is 5.93. The van der Waals surface area contributed by atoms with E-state index in [0.29, 0.717) is 31.6 Å². The van der Waals surface area contributed by atoms with Gasteiger partial charge in [-0.2, -0.15) is 4.31 Å². The zero-order valence-corrected chi connectivity index (χ0v) is 20.3. The Morgan fingerprint density at radius 2 is 1.88 bits per heavy atom. The van der Waals surface area contributed by atoms with E-state index < -0.39 is 15.9 Å². The Bertz CT molecular complexity index is 1220. The number of fused-ring (bicyclic) bond motifs is 1. The topological polar surface area (TPSA) is 99.7 Å². The molecule has 1 saturated carbocycles. The normalized spacial score (nSPS) is 22.9. The second-order valence-electron chi connectivity index (χ2n) is 9.74. The lowest BCUT2D eigenvalue weighted by Gasteiger charge is -2.31. The summed E-state index contributed by atoms with van der Waals surface area (Å²) in [7, 11) is -3.75. The molecule has 9 heteroatoms. The third-order valence-electron chi connectivity index (χ3n) is 6.99. The van der Waals surface area contributed by atoms with Crippen LogP contribution < -0.4 is 10.2 Å². The van der Waals surface area contributed by atoms with Crippen LogP contribution >= 0.6 is 0 Å². The van der Waals surface area contributed by atoms with E-state index in [1.807, 2.05) is 24.8 Å². The first kappa shape index (κ1) is 23.0. The number of pyridine rings is 1. The molecule has 0 bridgehead atoms.